The Morgan fingerprint density at radius 1 is 1.08 bits per heavy atom. The Morgan fingerprint density at radius 3 is 2.61 bits per heavy atom. The summed E-state index contributed by atoms with van der Waals surface area (Å²) in [6.07, 6.45) is 3.52. The van der Waals surface area contributed by atoms with Gasteiger partial charge in [0.05, 0.1) is 20.1 Å². The lowest BCUT2D eigenvalue weighted by atomic mass is 10.0. The molecule has 1 fully saturated rings. The zero-order valence-corrected chi connectivity index (χ0v) is 21.6. The molecule has 204 valence electrons. The van der Waals surface area contributed by atoms with Gasteiger partial charge in [-0.2, -0.15) is 0 Å². The van der Waals surface area contributed by atoms with Gasteiger partial charge in [-0.3, -0.25) is 19.4 Å². The van der Waals surface area contributed by atoms with Crippen molar-refractivity contribution in [2.24, 2.45) is 5.92 Å². The van der Waals surface area contributed by atoms with Crippen LogP contribution in [0.4, 0.5) is 4.79 Å². The van der Waals surface area contributed by atoms with E-state index in [0.717, 1.165) is 12.0 Å². The molecule has 11 nitrogen and oxygen atoms in total. The second-order valence-electron chi connectivity index (χ2n) is 8.91. The van der Waals surface area contributed by atoms with Crippen LogP contribution in [0.5, 0.6) is 5.75 Å². The average Bonchev–Trinajstić information content (AvgIpc) is 3.41. The third-order valence-corrected chi connectivity index (χ3v) is 6.32. The summed E-state index contributed by atoms with van der Waals surface area (Å²) in [5.74, 6) is -1.31. The van der Waals surface area contributed by atoms with Crippen molar-refractivity contribution in [2.75, 3.05) is 20.8 Å². The summed E-state index contributed by atoms with van der Waals surface area (Å²) in [6.45, 7) is 0.378. The van der Waals surface area contributed by atoms with Gasteiger partial charge in [0.15, 0.2) is 0 Å². The monoisotopic (exact) mass is 526 g/mol. The molecule has 1 aromatic carbocycles. The molecule has 0 bridgehead atoms. The normalized spacial score (nSPS) is 17.1. The number of aromatic nitrogens is 1. The van der Waals surface area contributed by atoms with Crippen molar-refractivity contribution in [3.63, 3.8) is 0 Å². The van der Waals surface area contributed by atoms with Gasteiger partial charge in [0.1, 0.15) is 24.1 Å². The van der Waals surface area contributed by atoms with E-state index in [0.29, 0.717) is 25.0 Å². The van der Waals surface area contributed by atoms with Crippen LogP contribution in [0.25, 0.3) is 0 Å². The number of carbonyl (C=O) groups excluding carboxylic acids is 4. The molecule has 1 heterocycles. The zero-order valence-electron chi connectivity index (χ0n) is 21.6. The Balaban J connectivity index is 1.57. The fourth-order valence-electron chi connectivity index (χ4n) is 4.28. The van der Waals surface area contributed by atoms with Gasteiger partial charge in [-0.25, -0.2) is 4.79 Å². The van der Waals surface area contributed by atoms with E-state index in [1.165, 1.54) is 26.5 Å². The Hall–Kier alpha value is -4.15. The van der Waals surface area contributed by atoms with Crippen molar-refractivity contribution in [1.82, 2.24) is 20.9 Å². The summed E-state index contributed by atoms with van der Waals surface area (Å²) in [4.78, 5) is 54.3. The summed E-state index contributed by atoms with van der Waals surface area (Å²) in [5, 5.41) is 8.28. The highest BCUT2D eigenvalue weighted by atomic mass is 16.5. The van der Waals surface area contributed by atoms with E-state index in [2.05, 4.69) is 20.9 Å². The number of amides is 3. The number of carbonyl (C=O) groups is 4. The number of benzene rings is 1. The molecular weight excluding hydrogens is 492 g/mol. The molecule has 2 aromatic rings. The number of methoxy groups -OCH3 is 2. The lowest BCUT2D eigenvalue weighted by Crippen LogP contribution is -2.51. The van der Waals surface area contributed by atoms with Gasteiger partial charge in [0, 0.05) is 24.8 Å². The van der Waals surface area contributed by atoms with E-state index < -0.39 is 29.9 Å². The lowest BCUT2D eigenvalue weighted by molar-refractivity contribution is -0.146. The van der Waals surface area contributed by atoms with E-state index in [9.17, 15) is 19.2 Å². The number of ether oxygens (including phenoxy) is 3. The maximum Gasteiger partial charge on any atom is 0.407 e. The first-order valence-electron chi connectivity index (χ1n) is 12.5. The van der Waals surface area contributed by atoms with E-state index in [4.69, 9.17) is 14.2 Å². The topological polar surface area (TPSA) is 145 Å². The first-order chi connectivity index (χ1) is 18.4. The Kier molecular flexibility index (Phi) is 10.9. The van der Waals surface area contributed by atoms with Crippen LogP contribution in [-0.2, 0) is 25.7 Å². The van der Waals surface area contributed by atoms with Gasteiger partial charge in [-0.15, -0.1) is 0 Å². The largest absolute Gasteiger partial charge is 0.497 e. The van der Waals surface area contributed by atoms with Crippen LogP contribution in [0.3, 0.4) is 0 Å². The first-order valence-corrected chi connectivity index (χ1v) is 12.5. The van der Waals surface area contributed by atoms with Crippen LogP contribution in [0.2, 0.25) is 0 Å². The molecule has 1 aromatic heterocycles. The number of nitrogens with zero attached hydrogens (tertiary/aromatic N) is 1. The number of rotatable bonds is 12. The van der Waals surface area contributed by atoms with Crippen molar-refractivity contribution >= 4 is 23.9 Å². The Labute approximate surface area is 221 Å². The SMILES string of the molecule is COC(=O)[C@@H]1CCC[C@@H]1NC(=O)[C@H](CCCNC(=O)OCc1ccccc1)NC(=O)c1cc(OC)ccn1. The predicted octanol–water partition coefficient (Wildman–Crippen LogP) is 2.35. The molecule has 1 saturated carbocycles. The van der Waals surface area contributed by atoms with Crippen molar-refractivity contribution in [3.8, 4) is 5.75 Å². The summed E-state index contributed by atoms with van der Waals surface area (Å²) < 4.78 is 15.2. The van der Waals surface area contributed by atoms with Crippen molar-refractivity contribution < 1.29 is 33.4 Å². The molecule has 0 aliphatic heterocycles. The van der Waals surface area contributed by atoms with Crippen molar-refractivity contribution in [1.29, 1.82) is 0 Å². The minimum Gasteiger partial charge on any atom is -0.497 e. The van der Waals surface area contributed by atoms with Crippen LogP contribution < -0.4 is 20.7 Å². The highest BCUT2D eigenvalue weighted by Gasteiger charge is 2.36. The first kappa shape index (κ1) is 28.4. The van der Waals surface area contributed by atoms with Crippen LogP contribution in [0.15, 0.2) is 48.7 Å². The van der Waals surface area contributed by atoms with Crippen LogP contribution in [-0.4, -0.2) is 61.7 Å². The molecule has 3 rings (SSSR count). The second kappa shape index (κ2) is 14.6. The zero-order chi connectivity index (χ0) is 27.3. The summed E-state index contributed by atoms with van der Waals surface area (Å²) in [5.41, 5.74) is 0.962. The third kappa shape index (κ3) is 8.46. The number of pyridine rings is 1. The number of alkyl carbamates (subject to hydrolysis) is 1. The molecule has 11 heteroatoms. The molecular formula is C27H34N4O7. The minimum atomic E-state index is -0.920. The lowest BCUT2D eigenvalue weighted by Gasteiger charge is -2.24. The Morgan fingerprint density at radius 2 is 1.87 bits per heavy atom. The van der Waals surface area contributed by atoms with Gasteiger partial charge in [-0.1, -0.05) is 36.8 Å². The molecule has 0 saturated heterocycles. The van der Waals surface area contributed by atoms with E-state index in [1.807, 2.05) is 30.3 Å². The highest BCUT2D eigenvalue weighted by Crippen LogP contribution is 2.27. The predicted molar refractivity (Wildman–Crippen MR) is 137 cm³/mol. The smallest absolute Gasteiger partial charge is 0.407 e. The maximum absolute atomic E-state index is 13.2. The molecule has 0 unspecified atom stereocenters. The molecule has 1 aliphatic carbocycles. The van der Waals surface area contributed by atoms with E-state index in [1.54, 1.807) is 6.07 Å². The van der Waals surface area contributed by atoms with Gasteiger partial charge >= 0.3 is 12.1 Å². The highest BCUT2D eigenvalue weighted by molar-refractivity contribution is 5.96. The quantitative estimate of drug-likeness (QED) is 0.282. The van der Waals surface area contributed by atoms with E-state index >= 15 is 0 Å². The van der Waals surface area contributed by atoms with Crippen molar-refractivity contribution in [3.05, 3.63) is 59.9 Å². The van der Waals surface area contributed by atoms with Crippen LogP contribution in [0.1, 0.15) is 48.2 Å². The third-order valence-electron chi connectivity index (χ3n) is 6.32. The number of hydrogen-bond acceptors (Lipinski definition) is 8. The number of esters is 1. The molecule has 1 aliphatic rings. The maximum atomic E-state index is 13.2. The van der Waals surface area contributed by atoms with Crippen molar-refractivity contribution in [2.45, 2.75) is 50.8 Å². The molecule has 3 N–H and O–H groups in total. The minimum absolute atomic E-state index is 0.0954. The number of hydrogen-bond donors (Lipinski definition) is 3. The van der Waals surface area contributed by atoms with E-state index in [-0.39, 0.29) is 37.3 Å². The molecule has 3 amide bonds. The fourth-order valence-corrected chi connectivity index (χ4v) is 4.28. The fraction of sp³-hybridized carbons (Fsp3) is 0.444. The Bertz CT molecular complexity index is 1100. The summed E-state index contributed by atoms with van der Waals surface area (Å²) in [7, 11) is 2.80. The molecule has 38 heavy (non-hydrogen) atoms. The van der Waals surface area contributed by atoms with Gasteiger partial charge < -0.3 is 30.2 Å². The van der Waals surface area contributed by atoms with Gasteiger partial charge in [-0.05, 0) is 37.3 Å². The second-order valence-corrected chi connectivity index (χ2v) is 8.91. The number of nitrogens with one attached hydrogen (secondary N) is 3. The molecule has 3 atom stereocenters. The standard InChI is InChI=1S/C27H34N4O7/c1-36-19-13-15-28-23(16-19)25(33)31-22(24(32)30-21-11-6-10-20(21)26(34)37-2)12-7-14-29-27(35)38-17-18-8-4-3-5-9-18/h3-5,8-9,13,15-16,20-22H,6-7,10-12,14,17H2,1-2H3,(H,29,35)(H,30,32)(H,31,33)/t20-,21+,22+/m1/s1. The average molecular weight is 527 g/mol. The summed E-state index contributed by atoms with van der Waals surface area (Å²) >= 11 is 0. The van der Waals surface area contributed by atoms with Gasteiger partial charge in [0.2, 0.25) is 5.91 Å². The molecule has 0 spiro atoms. The summed E-state index contributed by atoms with van der Waals surface area (Å²) in [6, 6.07) is 11.1. The van der Waals surface area contributed by atoms with Gasteiger partial charge in [0.25, 0.3) is 5.91 Å². The molecule has 0 radical (unpaired) electrons. The van der Waals surface area contributed by atoms with Crippen LogP contribution in [0, 0.1) is 5.92 Å². The van der Waals surface area contributed by atoms with Crippen LogP contribution >= 0.6 is 0 Å².